The molecule has 0 bridgehead atoms. The predicted molar refractivity (Wildman–Crippen MR) is 97.3 cm³/mol. The topological polar surface area (TPSA) is 88.7 Å². The lowest BCUT2D eigenvalue weighted by atomic mass is 10.2. The van der Waals surface area contributed by atoms with Crippen molar-refractivity contribution in [3.63, 3.8) is 0 Å². The van der Waals surface area contributed by atoms with Crippen molar-refractivity contribution < 1.29 is 9.21 Å². The molecule has 0 aliphatic heterocycles. The number of anilines is 1. The van der Waals surface area contributed by atoms with Crippen LogP contribution in [0.1, 0.15) is 21.9 Å². The van der Waals surface area contributed by atoms with Crippen molar-refractivity contribution in [1.29, 1.82) is 0 Å². The number of amides is 1. The molecule has 0 atom stereocenters. The number of hydrogen-bond donors (Lipinski definition) is 2. The van der Waals surface area contributed by atoms with Gasteiger partial charge < -0.3 is 9.73 Å². The first kappa shape index (κ1) is 15.9. The number of furan rings is 1. The van der Waals surface area contributed by atoms with Crippen LogP contribution in [0.3, 0.4) is 0 Å². The zero-order valence-corrected chi connectivity index (χ0v) is 14.4. The van der Waals surface area contributed by atoms with E-state index in [0.717, 1.165) is 17.1 Å². The molecule has 0 fully saturated rings. The highest BCUT2D eigenvalue weighted by Gasteiger charge is 2.13. The minimum atomic E-state index is -0.301. The third-order valence-corrected chi connectivity index (χ3v) is 3.96. The lowest BCUT2D eigenvalue weighted by molar-refractivity contribution is 0.102. The van der Waals surface area contributed by atoms with Crippen LogP contribution in [-0.4, -0.2) is 25.9 Å². The van der Waals surface area contributed by atoms with Gasteiger partial charge in [-0.15, -0.1) is 0 Å². The second-order valence-electron chi connectivity index (χ2n) is 5.99. The number of carbonyl (C=O) groups excluding carboxylic acids is 1. The van der Waals surface area contributed by atoms with Gasteiger partial charge >= 0.3 is 0 Å². The molecule has 0 unspecified atom stereocenters. The number of carbonyl (C=O) groups is 1. The molecule has 3 aromatic heterocycles. The van der Waals surface area contributed by atoms with E-state index in [2.05, 4.69) is 20.6 Å². The van der Waals surface area contributed by atoms with E-state index >= 15 is 0 Å². The molecule has 1 amide bonds. The summed E-state index contributed by atoms with van der Waals surface area (Å²) in [7, 11) is 0. The van der Waals surface area contributed by atoms with Gasteiger partial charge in [0.1, 0.15) is 5.69 Å². The van der Waals surface area contributed by atoms with Crippen LogP contribution in [-0.2, 0) is 0 Å². The van der Waals surface area contributed by atoms with Crippen molar-refractivity contribution >= 4 is 11.6 Å². The summed E-state index contributed by atoms with van der Waals surface area (Å²) in [5.74, 6) is 0.327. The average Bonchev–Trinajstić information content (AvgIpc) is 3.35. The molecule has 0 aliphatic carbocycles. The third kappa shape index (κ3) is 3.02. The van der Waals surface area contributed by atoms with Crippen LogP contribution >= 0.6 is 0 Å². The lowest BCUT2D eigenvalue weighted by Crippen LogP contribution is -2.12. The molecular weight excluding hydrogens is 330 g/mol. The zero-order chi connectivity index (χ0) is 18.1. The maximum absolute atomic E-state index is 12.5. The fourth-order valence-corrected chi connectivity index (χ4v) is 2.80. The molecule has 2 N–H and O–H groups in total. The SMILES string of the molecule is Cc1cc(C)n(-c2cccc(NC(=O)c3cc(-c4ccco4)[nH]n3)c2)n1. The van der Waals surface area contributed by atoms with Gasteiger partial charge in [0, 0.05) is 17.4 Å². The Morgan fingerprint density at radius 2 is 2.04 bits per heavy atom. The highest BCUT2D eigenvalue weighted by atomic mass is 16.3. The number of aromatic nitrogens is 4. The first-order chi connectivity index (χ1) is 12.6. The highest BCUT2D eigenvalue weighted by molar-refractivity contribution is 6.03. The number of hydrogen-bond acceptors (Lipinski definition) is 4. The molecule has 4 rings (SSSR count). The molecule has 7 heteroatoms. The summed E-state index contributed by atoms with van der Waals surface area (Å²) in [6.07, 6.45) is 1.57. The molecular formula is C19H17N5O2. The van der Waals surface area contributed by atoms with Crippen molar-refractivity contribution in [2.45, 2.75) is 13.8 Å². The molecule has 0 radical (unpaired) electrons. The molecule has 0 aliphatic rings. The van der Waals surface area contributed by atoms with E-state index in [0.29, 0.717) is 17.1 Å². The van der Waals surface area contributed by atoms with E-state index in [9.17, 15) is 4.79 Å². The van der Waals surface area contributed by atoms with Crippen LogP contribution in [0.15, 0.2) is 59.2 Å². The van der Waals surface area contributed by atoms with E-state index in [1.54, 1.807) is 24.5 Å². The van der Waals surface area contributed by atoms with E-state index < -0.39 is 0 Å². The number of benzene rings is 1. The maximum Gasteiger partial charge on any atom is 0.276 e. The molecule has 0 saturated carbocycles. The summed E-state index contributed by atoms with van der Waals surface area (Å²) < 4.78 is 7.14. The van der Waals surface area contributed by atoms with Gasteiger partial charge in [-0.1, -0.05) is 6.07 Å². The molecule has 26 heavy (non-hydrogen) atoms. The van der Waals surface area contributed by atoms with Gasteiger partial charge in [-0.05, 0) is 50.2 Å². The van der Waals surface area contributed by atoms with Gasteiger partial charge in [0.15, 0.2) is 11.5 Å². The van der Waals surface area contributed by atoms with Crippen LogP contribution in [0.2, 0.25) is 0 Å². The number of aryl methyl sites for hydroxylation is 2. The van der Waals surface area contributed by atoms with E-state index in [-0.39, 0.29) is 11.6 Å². The van der Waals surface area contributed by atoms with Gasteiger partial charge in [0.05, 0.1) is 17.6 Å². The zero-order valence-electron chi connectivity index (χ0n) is 14.4. The van der Waals surface area contributed by atoms with Crippen molar-refractivity contribution in [3.05, 3.63) is 71.9 Å². The van der Waals surface area contributed by atoms with Gasteiger partial charge in [-0.2, -0.15) is 10.2 Å². The second-order valence-corrected chi connectivity index (χ2v) is 5.99. The Labute approximate surface area is 149 Å². The Bertz CT molecular complexity index is 1060. The van der Waals surface area contributed by atoms with Crippen LogP contribution in [0.4, 0.5) is 5.69 Å². The van der Waals surface area contributed by atoms with E-state index in [4.69, 9.17) is 4.42 Å². The fourth-order valence-electron chi connectivity index (χ4n) is 2.80. The Morgan fingerprint density at radius 3 is 2.77 bits per heavy atom. The van der Waals surface area contributed by atoms with Crippen LogP contribution in [0.5, 0.6) is 0 Å². The molecule has 0 spiro atoms. The van der Waals surface area contributed by atoms with Crippen LogP contribution < -0.4 is 5.32 Å². The van der Waals surface area contributed by atoms with Gasteiger partial charge in [0.2, 0.25) is 0 Å². The average molecular weight is 347 g/mol. The Morgan fingerprint density at radius 1 is 1.15 bits per heavy atom. The normalized spacial score (nSPS) is 10.8. The summed E-state index contributed by atoms with van der Waals surface area (Å²) in [5, 5.41) is 14.2. The largest absolute Gasteiger partial charge is 0.463 e. The van der Waals surface area contributed by atoms with Crippen molar-refractivity contribution in [3.8, 4) is 17.1 Å². The predicted octanol–water partition coefficient (Wildman–Crippen LogP) is 3.72. The van der Waals surface area contributed by atoms with E-state index in [1.807, 2.05) is 48.9 Å². The Kier molecular flexibility index (Phi) is 3.89. The minimum absolute atomic E-state index is 0.285. The molecule has 1 aromatic carbocycles. The number of nitrogens with zero attached hydrogens (tertiary/aromatic N) is 3. The summed E-state index contributed by atoms with van der Waals surface area (Å²) in [6.45, 7) is 3.94. The fraction of sp³-hybridized carbons (Fsp3) is 0.105. The first-order valence-electron chi connectivity index (χ1n) is 8.14. The third-order valence-electron chi connectivity index (χ3n) is 3.96. The summed E-state index contributed by atoms with van der Waals surface area (Å²) in [6, 6.07) is 14.8. The smallest absolute Gasteiger partial charge is 0.276 e. The second kappa shape index (κ2) is 6.36. The summed E-state index contributed by atoms with van der Waals surface area (Å²) in [5.41, 5.74) is 4.46. The van der Waals surface area contributed by atoms with Gasteiger partial charge in [-0.3, -0.25) is 9.89 Å². The minimum Gasteiger partial charge on any atom is -0.463 e. The van der Waals surface area contributed by atoms with Crippen LogP contribution in [0.25, 0.3) is 17.1 Å². The number of rotatable bonds is 4. The number of H-pyrrole nitrogens is 1. The monoisotopic (exact) mass is 347 g/mol. The standard InChI is InChI=1S/C19H17N5O2/c1-12-9-13(2)24(23-12)15-6-3-5-14(10-15)20-19(25)17-11-16(21-22-17)18-7-4-8-26-18/h3-11H,1-2H3,(H,20,25)(H,21,22). The Balaban J connectivity index is 1.55. The van der Waals surface area contributed by atoms with E-state index in [1.165, 1.54) is 0 Å². The summed E-state index contributed by atoms with van der Waals surface area (Å²) >= 11 is 0. The number of nitrogens with one attached hydrogen (secondary N) is 2. The highest BCUT2D eigenvalue weighted by Crippen LogP contribution is 2.20. The molecule has 4 aromatic rings. The Hall–Kier alpha value is -3.61. The van der Waals surface area contributed by atoms with Crippen molar-refractivity contribution in [2.24, 2.45) is 0 Å². The molecule has 3 heterocycles. The maximum atomic E-state index is 12.5. The van der Waals surface area contributed by atoms with Crippen LogP contribution in [0, 0.1) is 13.8 Å². The van der Waals surface area contributed by atoms with Gasteiger partial charge in [-0.25, -0.2) is 4.68 Å². The van der Waals surface area contributed by atoms with Crippen molar-refractivity contribution in [1.82, 2.24) is 20.0 Å². The quantitative estimate of drug-likeness (QED) is 0.589. The lowest BCUT2D eigenvalue weighted by Gasteiger charge is -2.08. The first-order valence-corrected chi connectivity index (χ1v) is 8.14. The van der Waals surface area contributed by atoms with Gasteiger partial charge in [0.25, 0.3) is 5.91 Å². The summed E-state index contributed by atoms with van der Waals surface area (Å²) in [4.78, 5) is 12.5. The molecule has 0 saturated heterocycles. The molecule has 130 valence electrons. The number of aromatic amines is 1. The molecule has 7 nitrogen and oxygen atoms in total. The van der Waals surface area contributed by atoms with Crippen molar-refractivity contribution in [2.75, 3.05) is 5.32 Å².